The number of amides is 2. The molecule has 2 saturated heterocycles. The number of carbonyl (C=O) groups excluding carboxylic acids is 2. The zero-order valence-corrected chi connectivity index (χ0v) is 19.2. The van der Waals surface area contributed by atoms with E-state index < -0.39 is 23.6 Å². The van der Waals surface area contributed by atoms with Crippen molar-refractivity contribution in [2.45, 2.75) is 19.0 Å². The maximum absolute atomic E-state index is 13.4. The Morgan fingerprint density at radius 3 is 2.41 bits per heavy atom. The van der Waals surface area contributed by atoms with Gasteiger partial charge in [0.15, 0.2) is 0 Å². The van der Waals surface area contributed by atoms with Crippen molar-refractivity contribution in [3.63, 3.8) is 0 Å². The number of anilines is 2. The number of hydrogen-bond donors (Lipinski definition) is 1. The summed E-state index contributed by atoms with van der Waals surface area (Å²) in [4.78, 5) is 29.5. The second-order valence-electron chi connectivity index (χ2n) is 8.42. The van der Waals surface area contributed by atoms with Crippen LogP contribution in [0, 0.1) is 5.92 Å². The van der Waals surface area contributed by atoms with Crippen LogP contribution in [0.4, 0.5) is 24.5 Å². The molecule has 1 atom stereocenters. The quantitative estimate of drug-likeness (QED) is 0.668. The van der Waals surface area contributed by atoms with E-state index in [1.54, 1.807) is 29.2 Å². The standard InChI is InChI=1S/C24H25ClF3N3O3/c25-19-6-3-16(4-7-19)23(33)31-9-1-2-17(15-31)22(32)29-20-14-18(24(26,27)28)5-8-21(20)30-10-12-34-13-11-30/h3-8,14,17H,1-2,9-13,15H2,(H,29,32)/t17-/m0/s1. The highest BCUT2D eigenvalue weighted by molar-refractivity contribution is 6.30. The third kappa shape index (κ3) is 5.64. The van der Waals surface area contributed by atoms with E-state index in [1.165, 1.54) is 6.07 Å². The van der Waals surface area contributed by atoms with Crippen molar-refractivity contribution in [2.75, 3.05) is 49.6 Å². The van der Waals surface area contributed by atoms with E-state index in [9.17, 15) is 22.8 Å². The Balaban J connectivity index is 1.51. The number of rotatable bonds is 4. The maximum Gasteiger partial charge on any atom is 0.416 e. The van der Waals surface area contributed by atoms with Gasteiger partial charge in [0.2, 0.25) is 5.91 Å². The fourth-order valence-electron chi connectivity index (χ4n) is 4.28. The average molecular weight is 496 g/mol. The third-order valence-electron chi connectivity index (χ3n) is 6.10. The number of nitrogens with zero attached hydrogens (tertiary/aromatic N) is 2. The molecule has 0 unspecified atom stereocenters. The van der Waals surface area contributed by atoms with Crippen molar-refractivity contribution in [3.05, 3.63) is 58.6 Å². The number of morpholine rings is 1. The maximum atomic E-state index is 13.4. The van der Waals surface area contributed by atoms with Gasteiger partial charge >= 0.3 is 6.18 Å². The normalized spacial score (nSPS) is 19.1. The van der Waals surface area contributed by atoms with E-state index in [1.807, 2.05) is 4.90 Å². The number of alkyl halides is 3. The summed E-state index contributed by atoms with van der Waals surface area (Å²) in [6.45, 7) is 2.65. The van der Waals surface area contributed by atoms with Crippen molar-refractivity contribution in [2.24, 2.45) is 5.92 Å². The Morgan fingerprint density at radius 1 is 1.03 bits per heavy atom. The smallest absolute Gasteiger partial charge is 0.378 e. The molecule has 2 amide bonds. The lowest BCUT2D eigenvalue weighted by atomic mass is 9.96. The van der Waals surface area contributed by atoms with E-state index >= 15 is 0 Å². The fraction of sp³-hybridized carbons (Fsp3) is 0.417. The van der Waals surface area contributed by atoms with Crippen molar-refractivity contribution in [1.29, 1.82) is 0 Å². The number of benzene rings is 2. The molecule has 4 rings (SSSR count). The molecule has 1 N–H and O–H groups in total. The van der Waals surface area contributed by atoms with Crippen molar-refractivity contribution in [3.8, 4) is 0 Å². The molecule has 2 aromatic carbocycles. The Bertz CT molecular complexity index is 1040. The van der Waals surface area contributed by atoms with Gasteiger partial charge in [-0.1, -0.05) is 11.6 Å². The molecule has 0 spiro atoms. The van der Waals surface area contributed by atoms with Crippen LogP contribution in [0.15, 0.2) is 42.5 Å². The molecule has 2 aliphatic rings. The monoisotopic (exact) mass is 495 g/mol. The number of nitrogens with one attached hydrogen (secondary N) is 1. The van der Waals surface area contributed by atoms with Crippen LogP contribution in [0.5, 0.6) is 0 Å². The number of carbonyl (C=O) groups is 2. The van der Waals surface area contributed by atoms with E-state index in [2.05, 4.69) is 5.32 Å². The molecule has 2 heterocycles. The van der Waals surface area contributed by atoms with Crippen LogP contribution in [-0.2, 0) is 15.7 Å². The van der Waals surface area contributed by atoms with E-state index in [0.717, 1.165) is 12.1 Å². The lowest BCUT2D eigenvalue weighted by molar-refractivity contribution is -0.137. The first-order valence-electron chi connectivity index (χ1n) is 11.1. The summed E-state index contributed by atoms with van der Waals surface area (Å²) in [5.41, 5.74) is 0.276. The Morgan fingerprint density at radius 2 is 1.74 bits per heavy atom. The summed E-state index contributed by atoms with van der Waals surface area (Å²) in [5, 5.41) is 3.24. The molecule has 0 saturated carbocycles. The van der Waals surface area contributed by atoms with Gasteiger partial charge in [-0.05, 0) is 55.3 Å². The third-order valence-corrected chi connectivity index (χ3v) is 6.36. The Hall–Kier alpha value is -2.78. The molecular weight excluding hydrogens is 471 g/mol. The minimum atomic E-state index is -4.53. The summed E-state index contributed by atoms with van der Waals surface area (Å²) < 4.78 is 45.4. The van der Waals surface area contributed by atoms with Crippen molar-refractivity contribution >= 4 is 34.8 Å². The highest BCUT2D eigenvalue weighted by atomic mass is 35.5. The molecule has 10 heteroatoms. The predicted octanol–water partition coefficient (Wildman–Crippen LogP) is 4.69. The molecular formula is C24H25ClF3N3O3. The summed E-state index contributed by atoms with van der Waals surface area (Å²) in [7, 11) is 0. The summed E-state index contributed by atoms with van der Waals surface area (Å²) in [6, 6.07) is 9.90. The van der Waals surface area contributed by atoms with E-state index in [-0.39, 0.29) is 18.1 Å². The van der Waals surface area contributed by atoms with Gasteiger partial charge in [-0.25, -0.2) is 0 Å². The summed E-state index contributed by atoms with van der Waals surface area (Å²) in [5.74, 6) is -1.14. The van der Waals surface area contributed by atoms with Crippen LogP contribution >= 0.6 is 11.6 Å². The van der Waals surface area contributed by atoms with Gasteiger partial charge in [-0.3, -0.25) is 9.59 Å². The van der Waals surface area contributed by atoms with Gasteiger partial charge < -0.3 is 19.9 Å². The van der Waals surface area contributed by atoms with Gasteiger partial charge in [-0.15, -0.1) is 0 Å². The molecule has 2 fully saturated rings. The molecule has 0 bridgehead atoms. The van der Waals surface area contributed by atoms with Crippen LogP contribution in [0.1, 0.15) is 28.8 Å². The lowest BCUT2D eigenvalue weighted by Crippen LogP contribution is -2.44. The predicted molar refractivity (Wildman–Crippen MR) is 123 cm³/mol. The first-order valence-corrected chi connectivity index (χ1v) is 11.5. The first-order chi connectivity index (χ1) is 16.2. The van der Waals surface area contributed by atoms with Crippen LogP contribution < -0.4 is 10.2 Å². The second-order valence-corrected chi connectivity index (χ2v) is 8.85. The highest BCUT2D eigenvalue weighted by Crippen LogP contribution is 2.36. The Kier molecular flexibility index (Phi) is 7.33. The molecule has 0 aliphatic carbocycles. The van der Waals surface area contributed by atoms with Gasteiger partial charge in [0.05, 0.1) is 36.1 Å². The largest absolute Gasteiger partial charge is 0.416 e. The molecule has 0 aromatic heterocycles. The first kappa shape index (κ1) is 24.3. The minimum absolute atomic E-state index is 0.114. The summed E-state index contributed by atoms with van der Waals surface area (Å²) in [6.07, 6.45) is -3.37. The van der Waals surface area contributed by atoms with Crippen molar-refractivity contribution < 1.29 is 27.5 Å². The molecule has 0 radical (unpaired) electrons. The van der Waals surface area contributed by atoms with Crippen molar-refractivity contribution in [1.82, 2.24) is 4.90 Å². The van der Waals surface area contributed by atoms with Gasteiger partial charge in [0, 0.05) is 36.8 Å². The molecule has 182 valence electrons. The minimum Gasteiger partial charge on any atom is -0.378 e. The number of ether oxygens (including phenoxy) is 1. The fourth-order valence-corrected chi connectivity index (χ4v) is 4.40. The number of piperidine rings is 1. The molecule has 2 aromatic rings. The van der Waals surface area contributed by atoms with Gasteiger partial charge in [-0.2, -0.15) is 13.2 Å². The average Bonchev–Trinajstić information content (AvgIpc) is 2.84. The van der Waals surface area contributed by atoms with E-state index in [0.29, 0.717) is 62.0 Å². The van der Waals surface area contributed by atoms with E-state index in [4.69, 9.17) is 16.3 Å². The highest BCUT2D eigenvalue weighted by Gasteiger charge is 2.33. The van der Waals surface area contributed by atoms with Crippen LogP contribution in [0.25, 0.3) is 0 Å². The topological polar surface area (TPSA) is 61.9 Å². The van der Waals surface area contributed by atoms with Crippen LogP contribution in [-0.4, -0.2) is 56.1 Å². The number of likely N-dealkylation sites (tertiary alicyclic amines) is 1. The second kappa shape index (κ2) is 10.2. The summed E-state index contributed by atoms with van der Waals surface area (Å²) >= 11 is 5.89. The number of halogens is 4. The van der Waals surface area contributed by atoms with Crippen LogP contribution in [0.3, 0.4) is 0 Å². The van der Waals surface area contributed by atoms with Crippen LogP contribution in [0.2, 0.25) is 5.02 Å². The molecule has 6 nitrogen and oxygen atoms in total. The zero-order valence-electron chi connectivity index (χ0n) is 18.4. The zero-order chi connectivity index (χ0) is 24.3. The Labute approximate surface area is 200 Å². The SMILES string of the molecule is O=C(Nc1cc(C(F)(F)F)ccc1N1CCOCC1)[C@H]1CCCN(C(=O)c2ccc(Cl)cc2)C1. The van der Waals surface area contributed by atoms with Gasteiger partial charge in [0.1, 0.15) is 0 Å². The molecule has 2 aliphatic heterocycles. The lowest BCUT2D eigenvalue weighted by Gasteiger charge is -2.33. The molecule has 34 heavy (non-hydrogen) atoms. The van der Waals surface area contributed by atoms with Gasteiger partial charge in [0.25, 0.3) is 5.91 Å². The number of hydrogen-bond acceptors (Lipinski definition) is 4.